The first kappa shape index (κ1) is 10.4. The van der Waals surface area contributed by atoms with E-state index in [0.717, 1.165) is 12.4 Å². The number of aromatic hydroxyl groups is 1. The molecule has 16 heavy (non-hydrogen) atoms. The van der Waals surface area contributed by atoms with Gasteiger partial charge in [-0.05, 0) is 17.7 Å². The molecule has 0 fully saturated rings. The summed E-state index contributed by atoms with van der Waals surface area (Å²) in [6.45, 7) is 0. The van der Waals surface area contributed by atoms with E-state index in [0.29, 0.717) is 16.7 Å². The fourth-order valence-corrected chi connectivity index (χ4v) is 1.48. The standard InChI is InChI=1S/C13H9FO2/c14-13-7-11(16)5-6-12(13)10-3-1-9(8-15)2-4-10/h1-8,16H. The summed E-state index contributed by atoms with van der Waals surface area (Å²) >= 11 is 0. The molecule has 0 saturated heterocycles. The van der Waals surface area contributed by atoms with Gasteiger partial charge >= 0.3 is 0 Å². The van der Waals surface area contributed by atoms with E-state index in [9.17, 15) is 9.18 Å². The van der Waals surface area contributed by atoms with Gasteiger partial charge in [0.15, 0.2) is 0 Å². The summed E-state index contributed by atoms with van der Waals surface area (Å²) in [7, 11) is 0. The molecule has 2 aromatic carbocycles. The molecule has 0 atom stereocenters. The first-order valence-corrected chi connectivity index (χ1v) is 4.75. The van der Waals surface area contributed by atoms with E-state index in [1.165, 1.54) is 12.1 Å². The Hall–Kier alpha value is -2.16. The van der Waals surface area contributed by atoms with Crippen LogP contribution in [0.1, 0.15) is 10.4 Å². The number of benzene rings is 2. The highest BCUT2D eigenvalue weighted by molar-refractivity contribution is 5.77. The van der Waals surface area contributed by atoms with Crippen LogP contribution in [0.5, 0.6) is 5.75 Å². The number of rotatable bonds is 2. The van der Waals surface area contributed by atoms with Crippen molar-refractivity contribution in [2.24, 2.45) is 0 Å². The number of carbonyl (C=O) groups excluding carboxylic acids is 1. The van der Waals surface area contributed by atoms with Crippen LogP contribution in [0.2, 0.25) is 0 Å². The molecule has 0 unspecified atom stereocenters. The van der Waals surface area contributed by atoms with Crippen molar-refractivity contribution >= 4 is 6.29 Å². The van der Waals surface area contributed by atoms with E-state index < -0.39 is 5.82 Å². The van der Waals surface area contributed by atoms with Crippen molar-refractivity contribution in [3.8, 4) is 16.9 Å². The van der Waals surface area contributed by atoms with Gasteiger partial charge in [0.2, 0.25) is 0 Å². The van der Waals surface area contributed by atoms with E-state index in [4.69, 9.17) is 5.11 Å². The zero-order chi connectivity index (χ0) is 11.5. The molecule has 3 heteroatoms. The van der Waals surface area contributed by atoms with Gasteiger partial charge in [-0.1, -0.05) is 24.3 Å². The number of phenols is 1. The van der Waals surface area contributed by atoms with Gasteiger partial charge in [0.05, 0.1) is 0 Å². The highest BCUT2D eigenvalue weighted by atomic mass is 19.1. The summed E-state index contributed by atoms with van der Waals surface area (Å²) in [5, 5.41) is 9.08. The topological polar surface area (TPSA) is 37.3 Å². The zero-order valence-corrected chi connectivity index (χ0v) is 8.35. The summed E-state index contributed by atoms with van der Waals surface area (Å²) in [5.74, 6) is -0.593. The fraction of sp³-hybridized carbons (Fsp3) is 0. The summed E-state index contributed by atoms with van der Waals surface area (Å²) in [6.07, 6.45) is 0.733. The molecule has 80 valence electrons. The number of hydrogen-bond donors (Lipinski definition) is 1. The molecule has 0 saturated carbocycles. The largest absolute Gasteiger partial charge is 0.508 e. The van der Waals surface area contributed by atoms with Crippen molar-refractivity contribution in [2.75, 3.05) is 0 Å². The molecule has 0 spiro atoms. The maximum absolute atomic E-state index is 13.5. The monoisotopic (exact) mass is 216 g/mol. The molecule has 2 rings (SSSR count). The lowest BCUT2D eigenvalue weighted by molar-refractivity contribution is 0.112. The van der Waals surface area contributed by atoms with Gasteiger partial charge in [-0.25, -0.2) is 4.39 Å². The van der Waals surface area contributed by atoms with Crippen LogP contribution in [0, 0.1) is 5.82 Å². The Bertz CT molecular complexity index is 518. The SMILES string of the molecule is O=Cc1ccc(-c2ccc(O)cc2F)cc1. The molecular formula is C13H9FO2. The first-order chi connectivity index (χ1) is 7.70. The second-order valence-electron chi connectivity index (χ2n) is 3.40. The average Bonchev–Trinajstić information content (AvgIpc) is 2.29. The average molecular weight is 216 g/mol. The third-order valence-electron chi connectivity index (χ3n) is 2.31. The minimum absolute atomic E-state index is 0.106. The van der Waals surface area contributed by atoms with E-state index in [1.807, 2.05) is 0 Å². The number of aldehydes is 1. The molecule has 2 aromatic rings. The van der Waals surface area contributed by atoms with Gasteiger partial charge in [-0.15, -0.1) is 0 Å². The van der Waals surface area contributed by atoms with E-state index in [-0.39, 0.29) is 5.75 Å². The molecule has 2 nitrogen and oxygen atoms in total. The Labute approximate surface area is 92.0 Å². The molecular weight excluding hydrogens is 207 g/mol. The second kappa shape index (κ2) is 4.14. The lowest BCUT2D eigenvalue weighted by Crippen LogP contribution is -1.85. The highest BCUT2D eigenvalue weighted by Crippen LogP contribution is 2.25. The minimum Gasteiger partial charge on any atom is -0.508 e. The van der Waals surface area contributed by atoms with Crippen molar-refractivity contribution in [3.05, 3.63) is 53.8 Å². The normalized spacial score (nSPS) is 10.1. The second-order valence-corrected chi connectivity index (χ2v) is 3.40. The Morgan fingerprint density at radius 2 is 1.75 bits per heavy atom. The minimum atomic E-state index is -0.487. The maximum atomic E-state index is 13.5. The van der Waals surface area contributed by atoms with Gasteiger partial charge in [0, 0.05) is 17.2 Å². The highest BCUT2D eigenvalue weighted by Gasteiger charge is 2.05. The summed E-state index contributed by atoms with van der Waals surface area (Å²) < 4.78 is 13.5. The van der Waals surface area contributed by atoms with Crippen LogP contribution in [-0.2, 0) is 0 Å². The lowest BCUT2D eigenvalue weighted by atomic mass is 10.0. The zero-order valence-electron chi connectivity index (χ0n) is 8.35. The van der Waals surface area contributed by atoms with Gasteiger partial charge in [-0.3, -0.25) is 4.79 Å². The molecule has 1 N–H and O–H groups in total. The van der Waals surface area contributed by atoms with Crippen molar-refractivity contribution in [1.82, 2.24) is 0 Å². The number of hydrogen-bond acceptors (Lipinski definition) is 2. The van der Waals surface area contributed by atoms with Crippen molar-refractivity contribution in [2.45, 2.75) is 0 Å². The van der Waals surface area contributed by atoms with Crippen molar-refractivity contribution in [3.63, 3.8) is 0 Å². The predicted octanol–water partition coefficient (Wildman–Crippen LogP) is 3.01. The quantitative estimate of drug-likeness (QED) is 0.783. The molecule has 0 aliphatic rings. The van der Waals surface area contributed by atoms with E-state index in [1.54, 1.807) is 24.3 Å². The van der Waals surface area contributed by atoms with Crippen LogP contribution >= 0.6 is 0 Å². The van der Waals surface area contributed by atoms with Crippen LogP contribution in [0.25, 0.3) is 11.1 Å². The molecule has 0 aromatic heterocycles. The molecule has 0 radical (unpaired) electrons. The molecule has 0 heterocycles. The molecule has 0 aliphatic heterocycles. The third kappa shape index (κ3) is 1.93. The summed E-state index contributed by atoms with van der Waals surface area (Å²) in [4.78, 5) is 10.5. The predicted molar refractivity (Wildman–Crippen MR) is 58.9 cm³/mol. The van der Waals surface area contributed by atoms with Crippen molar-refractivity contribution in [1.29, 1.82) is 0 Å². The smallest absolute Gasteiger partial charge is 0.150 e. The van der Waals surface area contributed by atoms with Crippen LogP contribution in [0.3, 0.4) is 0 Å². The van der Waals surface area contributed by atoms with Gasteiger partial charge in [0.1, 0.15) is 17.9 Å². The summed E-state index contributed by atoms with van der Waals surface area (Å²) in [6, 6.07) is 10.6. The molecule has 0 bridgehead atoms. The fourth-order valence-electron chi connectivity index (χ4n) is 1.48. The van der Waals surface area contributed by atoms with Crippen LogP contribution in [0.15, 0.2) is 42.5 Å². The molecule has 0 aliphatic carbocycles. The van der Waals surface area contributed by atoms with E-state index >= 15 is 0 Å². The Morgan fingerprint density at radius 1 is 1.06 bits per heavy atom. The maximum Gasteiger partial charge on any atom is 0.150 e. The van der Waals surface area contributed by atoms with Gasteiger partial charge in [0.25, 0.3) is 0 Å². The molecule has 0 amide bonds. The Balaban J connectivity index is 2.46. The van der Waals surface area contributed by atoms with Gasteiger partial charge in [-0.2, -0.15) is 0 Å². The van der Waals surface area contributed by atoms with Crippen molar-refractivity contribution < 1.29 is 14.3 Å². The number of phenolic OH excluding ortho intramolecular Hbond substituents is 1. The van der Waals surface area contributed by atoms with Crippen LogP contribution in [-0.4, -0.2) is 11.4 Å². The Morgan fingerprint density at radius 3 is 2.31 bits per heavy atom. The third-order valence-corrected chi connectivity index (χ3v) is 2.31. The van der Waals surface area contributed by atoms with Crippen LogP contribution < -0.4 is 0 Å². The number of halogens is 1. The lowest BCUT2D eigenvalue weighted by Gasteiger charge is -2.04. The summed E-state index contributed by atoms with van der Waals surface area (Å²) in [5.41, 5.74) is 1.61. The van der Waals surface area contributed by atoms with E-state index in [2.05, 4.69) is 0 Å². The van der Waals surface area contributed by atoms with Gasteiger partial charge < -0.3 is 5.11 Å². The Kier molecular flexibility index (Phi) is 2.68. The van der Waals surface area contributed by atoms with Crippen LogP contribution in [0.4, 0.5) is 4.39 Å². The number of carbonyl (C=O) groups is 1. The first-order valence-electron chi connectivity index (χ1n) is 4.75.